The molecule has 0 bridgehead atoms. The maximum Gasteiger partial charge on any atom is 0.224 e. The fraction of sp³-hybridized carbons (Fsp3) is 0.591. The quantitative estimate of drug-likeness (QED) is 0.740. The second-order valence-corrected chi connectivity index (χ2v) is 7.83. The first-order valence-corrected chi connectivity index (χ1v) is 10.3. The summed E-state index contributed by atoms with van der Waals surface area (Å²) in [5.41, 5.74) is 3.18. The minimum absolute atomic E-state index is 0.0279. The summed E-state index contributed by atoms with van der Waals surface area (Å²) >= 11 is 0. The maximum atomic E-state index is 12.4. The molecule has 1 aliphatic carbocycles. The summed E-state index contributed by atoms with van der Waals surface area (Å²) < 4.78 is 2.19. The SMILES string of the molecule is CCn1c(CCC(=O)Nc2ccc(C)cc2C)nnc1CCC1CCCC1. The Hall–Kier alpha value is -2.17. The van der Waals surface area contributed by atoms with E-state index in [0.717, 1.165) is 41.8 Å². The molecule has 1 aromatic heterocycles. The zero-order valence-electron chi connectivity index (χ0n) is 16.9. The summed E-state index contributed by atoms with van der Waals surface area (Å²) in [5, 5.41) is 11.8. The molecule has 0 aliphatic heterocycles. The highest BCUT2D eigenvalue weighted by molar-refractivity contribution is 5.91. The van der Waals surface area contributed by atoms with E-state index in [9.17, 15) is 4.79 Å². The Labute approximate surface area is 162 Å². The van der Waals surface area contributed by atoms with Crippen LogP contribution in [0.25, 0.3) is 0 Å². The molecule has 1 heterocycles. The molecule has 5 heteroatoms. The predicted molar refractivity (Wildman–Crippen MR) is 109 cm³/mol. The number of anilines is 1. The number of hydrogen-bond donors (Lipinski definition) is 1. The minimum Gasteiger partial charge on any atom is -0.326 e. The molecule has 1 aromatic carbocycles. The van der Waals surface area contributed by atoms with E-state index in [2.05, 4.69) is 40.0 Å². The minimum atomic E-state index is 0.0279. The van der Waals surface area contributed by atoms with Gasteiger partial charge in [0.05, 0.1) is 0 Å². The van der Waals surface area contributed by atoms with Crippen LogP contribution in [0.2, 0.25) is 0 Å². The van der Waals surface area contributed by atoms with E-state index >= 15 is 0 Å². The van der Waals surface area contributed by atoms with Crippen LogP contribution < -0.4 is 5.32 Å². The molecular formula is C22H32N4O. The predicted octanol–water partition coefficient (Wildman–Crippen LogP) is 4.61. The lowest BCUT2D eigenvalue weighted by molar-refractivity contribution is -0.116. The molecule has 1 amide bonds. The van der Waals surface area contributed by atoms with Crippen LogP contribution in [0.15, 0.2) is 18.2 Å². The average molecular weight is 369 g/mol. The number of amides is 1. The zero-order valence-corrected chi connectivity index (χ0v) is 16.9. The van der Waals surface area contributed by atoms with E-state index in [1.54, 1.807) is 0 Å². The number of carbonyl (C=O) groups is 1. The smallest absolute Gasteiger partial charge is 0.224 e. The lowest BCUT2D eigenvalue weighted by Gasteiger charge is -2.11. The summed E-state index contributed by atoms with van der Waals surface area (Å²) in [5.74, 6) is 2.89. The van der Waals surface area contributed by atoms with Crippen LogP contribution in [0, 0.1) is 19.8 Å². The highest BCUT2D eigenvalue weighted by Crippen LogP contribution is 2.28. The zero-order chi connectivity index (χ0) is 19.2. The van der Waals surface area contributed by atoms with Crippen LogP contribution in [0.1, 0.15) is 68.2 Å². The molecule has 0 spiro atoms. The lowest BCUT2D eigenvalue weighted by atomic mass is 10.0. The van der Waals surface area contributed by atoms with Crippen molar-refractivity contribution in [1.29, 1.82) is 0 Å². The third-order valence-corrected chi connectivity index (χ3v) is 5.70. The van der Waals surface area contributed by atoms with Crippen molar-refractivity contribution in [3.05, 3.63) is 41.0 Å². The van der Waals surface area contributed by atoms with Gasteiger partial charge in [0.2, 0.25) is 5.91 Å². The number of nitrogens with zero attached hydrogens (tertiary/aromatic N) is 3. The van der Waals surface area contributed by atoms with E-state index in [1.807, 2.05) is 19.1 Å². The van der Waals surface area contributed by atoms with Crippen LogP contribution in [0.4, 0.5) is 5.69 Å². The second kappa shape index (κ2) is 9.16. The Morgan fingerprint density at radius 3 is 2.52 bits per heavy atom. The highest BCUT2D eigenvalue weighted by atomic mass is 16.1. The van der Waals surface area contributed by atoms with Crippen LogP contribution in [-0.4, -0.2) is 20.7 Å². The summed E-state index contributed by atoms with van der Waals surface area (Å²) in [4.78, 5) is 12.4. The Balaban J connectivity index is 1.54. The third kappa shape index (κ3) is 5.18. The number of nitrogens with one attached hydrogen (secondary N) is 1. The molecule has 1 saturated carbocycles. The van der Waals surface area contributed by atoms with Crippen molar-refractivity contribution < 1.29 is 4.79 Å². The van der Waals surface area contributed by atoms with Crippen molar-refractivity contribution in [2.45, 2.75) is 78.7 Å². The first kappa shape index (κ1) is 19.6. The van der Waals surface area contributed by atoms with Crippen molar-refractivity contribution in [2.24, 2.45) is 5.92 Å². The van der Waals surface area contributed by atoms with Crippen LogP contribution in [0.5, 0.6) is 0 Å². The molecule has 1 fully saturated rings. The number of benzene rings is 1. The summed E-state index contributed by atoms with van der Waals surface area (Å²) in [6.45, 7) is 7.07. The normalized spacial score (nSPS) is 14.6. The van der Waals surface area contributed by atoms with E-state index in [0.29, 0.717) is 12.8 Å². The van der Waals surface area contributed by atoms with E-state index in [4.69, 9.17) is 0 Å². The molecule has 5 nitrogen and oxygen atoms in total. The standard InChI is InChI=1S/C22H32N4O/c1-4-26-20(12-10-18-7-5-6-8-18)24-25-21(26)13-14-22(27)23-19-11-9-16(2)15-17(19)3/h9,11,15,18H,4-8,10,12-14H2,1-3H3,(H,23,27). The highest BCUT2D eigenvalue weighted by Gasteiger charge is 2.18. The molecule has 146 valence electrons. The molecule has 0 unspecified atom stereocenters. The van der Waals surface area contributed by atoms with Gasteiger partial charge >= 0.3 is 0 Å². The molecule has 0 radical (unpaired) electrons. The third-order valence-electron chi connectivity index (χ3n) is 5.70. The Morgan fingerprint density at radius 2 is 1.85 bits per heavy atom. The van der Waals surface area contributed by atoms with Crippen molar-refractivity contribution in [2.75, 3.05) is 5.32 Å². The molecule has 0 atom stereocenters. The van der Waals surface area contributed by atoms with Gasteiger partial charge in [0.15, 0.2) is 0 Å². The number of rotatable bonds is 8. The first-order chi connectivity index (χ1) is 13.1. The van der Waals surface area contributed by atoms with Crippen molar-refractivity contribution in [1.82, 2.24) is 14.8 Å². The monoisotopic (exact) mass is 368 g/mol. The van der Waals surface area contributed by atoms with Gasteiger partial charge in [-0.05, 0) is 44.7 Å². The topological polar surface area (TPSA) is 59.8 Å². The lowest BCUT2D eigenvalue weighted by Crippen LogP contribution is -2.15. The van der Waals surface area contributed by atoms with Gasteiger partial charge in [-0.1, -0.05) is 43.4 Å². The van der Waals surface area contributed by atoms with Gasteiger partial charge in [0, 0.05) is 31.5 Å². The van der Waals surface area contributed by atoms with E-state index < -0.39 is 0 Å². The second-order valence-electron chi connectivity index (χ2n) is 7.83. The van der Waals surface area contributed by atoms with Gasteiger partial charge in [-0.15, -0.1) is 10.2 Å². The Bertz CT molecular complexity index is 775. The molecular weight excluding hydrogens is 336 g/mol. The Kier molecular flexibility index (Phi) is 6.64. The molecule has 3 rings (SSSR count). The molecule has 27 heavy (non-hydrogen) atoms. The number of hydrogen-bond acceptors (Lipinski definition) is 3. The number of carbonyl (C=O) groups excluding carboxylic acids is 1. The molecule has 1 aliphatic rings. The van der Waals surface area contributed by atoms with Crippen molar-refractivity contribution in [3.63, 3.8) is 0 Å². The van der Waals surface area contributed by atoms with Crippen molar-refractivity contribution in [3.8, 4) is 0 Å². The summed E-state index contributed by atoms with van der Waals surface area (Å²) in [6, 6.07) is 6.07. The summed E-state index contributed by atoms with van der Waals surface area (Å²) in [7, 11) is 0. The number of aryl methyl sites for hydroxylation is 4. The van der Waals surface area contributed by atoms with Crippen LogP contribution >= 0.6 is 0 Å². The van der Waals surface area contributed by atoms with E-state index in [-0.39, 0.29) is 5.91 Å². The Morgan fingerprint density at radius 1 is 1.15 bits per heavy atom. The van der Waals surface area contributed by atoms with Gasteiger partial charge in [0.25, 0.3) is 0 Å². The molecule has 2 aromatic rings. The maximum absolute atomic E-state index is 12.4. The van der Waals surface area contributed by atoms with E-state index in [1.165, 1.54) is 37.7 Å². The van der Waals surface area contributed by atoms with Gasteiger partial charge in [-0.25, -0.2) is 0 Å². The average Bonchev–Trinajstić information content (AvgIpc) is 3.29. The number of aromatic nitrogens is 3. The van der Waals surface area contributed by atoms with Crippen molar-refractivity contribution >= 4 is 11.6 Å². The first-order valence-electron chi connectivity index (χ1n) is 10.3. The van der Waals surface area contributed by atoms with Crippen LogP contribution in [0.3, 0.4) is 0 Å². The summed E-state index contributed by atoms with van der Waals surface area (Å²) in [6.07, 6.45) is 8.76. The van der Waals surface area contributed by atoms with Gasteiger partial charge in [-0.2, -0.15) is 0 Å². The molecule has 1 N–H and O–H groups in total. The van der Waals surface area contributed by atoms with Crippen LogP contribution in [-0.2, 0) is 24.2 Å². The largest absolute Gasteiger partial charge is 0.326 e. The fourth-order valence-electron chi connectivity index (χ4n) is 4.13. The van der Waals surface area contributed by atoms with Gasteiger partial charge < -0.3 is 9.88 Å². The molecule has 0 saturated heterocycles. The van der Waals surface area contributed by atoms with Gasteiger partial charge in [-0.3, -0.25) is 4.79 Å². The van der Waals surface area contributed by atoms with Gasteiger partial charge in [0.1, 0.15) is 11.6 Å². The fourth-order valence-corrected chi connectivity index (χ4v) is 4.13.